The van der Waals surface area contributed by atoms with E-state index < -0.39 is 0 Å². The number of H-pyrrole nitrogens is 1. The number of hydrogen-bond acceptors (Lipinski definition) is 5. The van der Waals surface area contributed by atoms with Gasteiger partial charge < -0.3 is 20.1 Å². The van der Waals surface area contributed by atoms with Gasteiger partial charge in [0.05, 0.1) is 24.7 Å². The maximum absolute atomic E-state index is 13.1. The number of nitrogens with one attached hydrogen (secondary N) is 2. The highest BCUT2D eigenvalue weighted by molar-refractivity contribution is 5.90. The number of aromatic amines is 1. The molecule has 2 aromatic heterocycles. The van der Waals surface area contributed by atoms with Crippen molar-refractivity contribution in [1.82, 2.24) is 24.8 Å². The van der Waals surface area contributed by atoms with E-state index in [9.17, 15) is 9.59 Å². The van der Waals surface area contributed by atoms with E-state index in [1.54, 1.807) is 18.9 Å². The summed E-state index contributed by atoms with van der Waals surface area (Å²) in [5.74, 6) is 1.38. The first-order chi connectivity index (χ1) is 15.8. The fourth-order valence-corrected chi connectivity index (χ4v) is 4.63. The fraction of sp³-hybridized carbons (Fsp3) is 0.440. The number of likely N-dealkylation sites (N-methyl/N-ethyl adjacent to an activating group) is 1. The highest BCUT2D eigenvalue weighted by Gasteiger charge is 2.30. The number of benzene rings is 1. The molecule has 0 saturated carbocycles. The van der Waals surface area contributed by atoms with Gasteiger partial charge in [0.2, 0.25) is 11.8 Å². The van der Waals surface area contributed by atoms with Gasteiger partial charge in [-0.1, -0.05) is 11.6 Å². The van der Waals surface area contributed by atoms with E-state index in [4.69, 9.17) is 4.98 Å². The second-order valence-corrected chi connectivity index (χ2v) is 8.93. The molecule has 1 aliphatic rings. The summed E-state index contributed by atoms with van der Waals surface area (Å²) in [6.07, 6.45) is 2.11. The van der Waals surface area contributed by atoms with Crippen molar-refractivity contribution in [3.05, 3.63) is 52.6 Å². The van der Waals surface area contributed by atoms with E-state index in [-0.39, 0.29) is 17.9 Å². The Morgan fingerprint density at radius 3 is 2.76 bits per heavy atom. The normalized spacial score (nSPS) is 15.8. The van der Waals surface area contributed by atoms with Crippen LogP contribution in [0.3, 0.4) is 0 Å². The van der Waals surface area contributed by atoms with Crippen LogP contribution < -0.4 is 5.32 Å². The standard InChI is InChI=1S/C25H32N6O2/c1-15-8-9-21-20(11-15)19(16(2)27-21)13-24(33)30(5)14-18-12-23(26-4)29-25(28-18)22-7-6-10-31(22)17(3)32/h8-9,11-12,22,27H,6-7,10,13-14H2,1-5H3,(H,26,28,29)/t22-/m0/s1. The largest absolute Gasteiger partial charge is 0.373 e. The van der Waals surface area contributed by atoms with Gasteiger partial charge in [-0.05, 0) is 44.4 Å². The molecule has 1 aliphatic heterocycles. The number of carbonyl (C=O) groups is 2. The summed E-state index contributed by atoms with van der Waals surface area (Å²) in [4.78, 5) is 41.4. The second kappa shape index (κ2) is 9.21. The van der Waals surface area contributed by atoms with E-state index in [1.807, 2.05) is 24.9 Å². The third-order valence-corrected chi connectivity index (χ3v) is 6.44. The Bertz CT molecular complexity index is 1200. The first-order valence-electron chi connectivity index (χ1n) is 11.4. The molecule has 3 heterocycles. The summed E-state index contributed by atoms with van der Waals surface area (Å²) in [7, 11) is 3.61. The molecule has 2 N–H and O–H groups in total. The maximum Gasteiger partial charge on any atom is 0.227 e. The summed E-state index contributed by atoms with van der Waals surface area (Å²) in [5, 5.41) is 4.18. The number of rotatable bonds is 6. The maximum atomic E-state index is 13.1. The lowest BCUT2D eigenvalue weighted by molar-refractivity contribution is -0.130. The van der Waals surface area contributed by atoms with Crippen molar-refractivity contribution in [2.75, 3.05) is 26.0 Å². The first-order valence-corrected chi connectivity index (χ1v) is 11.4. The number of amides is 2. The van der Waals surface area contributed by atoms with Gasteiger partial charge >= 0.3 is 0 Å². The Kier molecular flexibility index (Phi) is 6.35. The Morgan fingerprint density at radius 1 is 1.24 bits per heavy atom. The zero-order valence-corrected chi connectivity index (χ0v) is 20.0. The molecule has 4 rings (SSSR count). The van der Waals surface area contributed by atoms with E-state index >= 15 is 0 Å². The Labute approximate surface area is 194 Å². The van der Waals surface area contributed by atoms with Crippen molar-refractivity contribution in [2.24, 2.45) is 0 Å². The van der Waals surface area contributed by atoms with Crippen LogP contribution in [0.2, 0.25) is 0 Å². The summed E-state index contributed by atoms with van der Waals surface area (Å²) < 4.78 is 0. The third-order valence-electron chi connectivity index (χ3n) is 6.44. The molecule has 1 aromatic carbocycles. The highest BCUT2D eigenvalue weighted by Crippen LogP contribution is 2.31. The van der Waals surface area contributed by atoms with Crippen LogP contribution in [-0.4, -0.2) is 57.2 Å². The minimum absolute atomic E-state index is 0.0258. The molecule has 0 radical (unpaired) electrons. The van der Waals surface area contributed by atoms with Crippen molar-refractivity contribution in [1.29, 1.82) is 0 Å². The molecule has 0 unspecified atom stereocenters. The fourth-order valence-electron chi connectivity index (χ4n) is 4.63. The third kappa shape index (κ3) is 4.69. The lowest BCUT2D eigenvalue weighted by atomic mass is 10.1. The van der Waals surface area contributed by atoms with Crippen molar-refractivity contribution in [3.63, 3.8) is 0 Å². The molecule has 0 aliphatic carbocycles. The van der Waals surface area contributed by atoms with Crippen molar-refractivity contribution in [2.45, 2.75) is 52.6 Å². The van der Waals surface area contributed by atoms with E-state index in [0.29, 0.717) is 24.6 Å². The summed E-state index contributed by atoms with van der Waals surface area (Å²) in [6.45, 7) is 6.75. The average molecular weight is 449 g/mol. The molecule has 1 fully saturated rings. The van der Waals surface area contributed by atoms with E-state index in [0.717, 1.165) is 47.2 Å². The predicted octanol–water partition coefficient (Wildman–Crippen LogP) is 3.50. The van der Waals surface area contributed by atoms with Crippen LogP contribution >= 0.6 is 0 Å². The van der Waals surface area contributed by atoms with E-state index in [2.05, 4.69) is 40.4 Å². The molecule has 0 spiro atoms. The van der Waals surface area contributed by atoms with Crippen LogP contribution in [0, 0.1) is 13.8 Å². The molecule has 1 atom stereocenters. The van der Waals surface area contributed by atoms with Gasteiger partial charge in [0.1, 0.15) is 5.82 Å². The Balaban J connectivity index is 1.54. The Hall–Kier alpha value is -3.42. The molecule has 0 bridgehead atoms. The van der Waals surface area contributed by atoms with Gasteiger partial charge in [-0.15, -0.1) is 0 Å². The first kappa shape index (κ1) is 22.8. The van der Waals surface area contributed by atoms with E-state index in [1.165, 1.54) is 5.56 Å². The van der Waals surface area contributed by atoms with Gasteiger partial charge in [0, 0.05) is 50.2 Å². The zero-order chi connectivity index (χ0) is 23.7. The molecule has 2 amide bonds. The molecule has 33 heavy (non-hydrogen) atoms. The number of nitrogens with zero attached hydrogens (tertiary/aromatic N) is 4. The number of anilines is 1. The quantitative estimate of drug-likeness (QED) is 0.602. The SMILES string of the molecule is CNc1cc(CN(C)C(=O)Cc2c(C)[nH]c3ccc(C)cc23)nc([C@@H]2CCCN2C(C)=O)n1. The smallest absolute Gasteiger partial charge is 0.227 e. The molecule has 174 valence electrons. The molecule has 1 saturated heterocycles. The van der Waals surface area contributed by atoms with Crippen molar-refractivity contribution in [3.8, 4) is 0 Å². The summed E-state index contributed by atoms with van der Waals surface area (Å²) in [6, 6.07) is 8.00. The number of aromatic nitrogens is 3. The molecule has 3 aromatic rings. The number of aryl methyl sites for hydroxylation is 2. The van der Waals surface area contributed by atoms with Gasteiger partial charge in [-0.3, -0.25) is 9.59 Å². The average Bonchev–Trinajstić information content (AvgIpc) is 3.39. The number of fused-ring (bicyclic) bond motifs is 1. The van der Waals surface area contributed by atoms with Gasteiger partial charge in [-0.2, -0.15) is 0 Å². The molecular weight excluding hydrogens is 416 g/mol. The van der Waals surface area contributed by atoms with Crippen LogP contribution in [-0.2, 0) is 22.6 Å². The van der Waals surface area contributed by atoms with Gasteiger partial charge in [-0.25, -0.2) is 9.97 Å². The Morgan fingerprint density at radius 2 is 2.03 bits per heavy atom. The molecular formula is C25H32N6O2. The molecule has 8 heteroatoms. The van der Waals surface area contributed by atoms with Crippen LogP contribution in [0.15, 0.2) is 24.3 Å². The van der Waals surface area contributed by atoms with Crippen LogP contribution in [0.1, 0.15) is 54.1 Å². The predicted molar refractivity (Wildman–Crippen MR) is 129 cm³/mol. The highest BCUT2D eigenvalue weighted by atomic mass is 16.2. The lowest BCUT2D eigenvalue weighted by Crippen LogP contribution is -2.31. The summed E-state index contributed by atoms with van der Waals surface area (Å²) in [5.41, 5.74) is 5.03. The second-order valence-electron chi connectivity index (χ2n) is 8.93. The monoisotopic (exact) mass is 448 g/mol. The summed E-state index contributed by atoms with van der Waals surface area (Å²) >= 11 is 0. The zero-order valence-electron chi connectivity index (χ0n) is 20.0. The van der Waals surface area contributed by atoms with Crippen molar-refractivity contribution >= 4 is 28.5 Å². The van der Waals surface area contributed by atoms with Crippen LogP contribution in [0.4, 0.5) is 5.82 Å². The van der Waals surface area contributed by atoms with Crippen LogP contribution in [0.25, 0.3) is 10.9 Å². The van der Waals surface area contributed by atoms with Gasteiger partial charge in [0.15, 0.2) is 5.82 Å². The number of carbonyl (C=O) groups excluding carboxylic acids is 2. The minimum atomic E-state index is -0.118. The minimum Gasteiger partial charge on any atom is -0.373 e. The van der Waals surface area contributed by atoms with Crippen LogP contribution in [0.5, 0.6) is 0 Å². The number of hydrogen-bond donors (Lipinski definition) is 2. The number of likely N-dealkylation sites (tertiary alicyclic amines) is 1. The van der Waals surface area contributed by atoms with Crippen molar-refractivity contribution < 1.29 is 9.59 Å². The topological polar surface area (TPSA) is 94.2 Å². The van der Waals surface area contributed by atoms with Gasteiger partial charge in [0.25, 0.3) is 0 Å². The molecule has 8 nitrogen and oxygen atoms in total. The lowest BCUT2D eigenvalue weighted by Gasteiger charge is -2.23.